The van der Waals surface area contributed by atoms with Gasteiger partial charge in [0, 0.05) is 36.5 Å². The summed E-state index contributed by atoms with van der Waals surface area (Å²) >= 11 is 0. The molecule has 2 rings (SSSR count). The van der Waals surface area contributed by atoms with Gasteiger partial charge in [0.25, 0.3) is 0 Å². The van der Waals surface area contributed by atoms with Crippen LogP contribution in [0.2, 0.25) is 0 Å². The molecule has 2 heterocycles. The highest BCUT2D eigenvalue weighted by Gasteiger charge is 2.36. The van der Waals surface area contributed by atoms with E-state index < -0.39 is 36.8 Å². The molecule has 2 aromatic heterocycles. The van der Waals surface area contributed by atoms with Crippen molar-refractivity contribution in [1.29, 1.82) is 0 Å². The fourth-order valence-electron chi connectivity index (χ4n) is 2.71. The Morgan fingerprint density at radius 1 is 1.36 bits per heavy atom. The van der Waals surface area contributed by atoms with Crippen molar-refractivity contribution in [3.8, 4) is 17.0 Å². The van der Waals surface area contributed by atoms with E-state index in [0.29, 0.717) is 0 Å². The minimum absolute atomic E-state index is 0.0167. The number of halogens is 5. The van der Waals surface area contributed by atoms with Crippen LogP contribution in [0.3, 0.4) is 0 Å². The zero-order valence-corrected chi connectivity index (χ0v) is 15.2. The molecule has 0 aliphatic rings. The molecule has 0 aliphatic heterocycles. The zero-order valence-electron chi connectivity index (χ0n) is 15.2. The predicted octanol–water partition coefficient (Wildman–Crippen LogP) is 4.31. The van der Waals surface area contributed by atoms with Crippen molar-refractivity contribution in [2.45, 2.75) is 46.5 Å². The first-order valence-electron chi connectivity index (χ1n) is 8.27. The first-order chi connectivity index (χ1) is 13.0. The summed E-state index contributed by atoms with van der Waals surface area (Å²) < 4.78 is 69.8. The van der Waals surface area contributed by atoms with Gasteiger partial charge in [-0.2, -0.15) is 27.1 Å². The van der Waals surface area contributed by atoms with Crippen LogP contribution in [0.25, 0.3) is 11.3 Å². The second-order valence-electron chi connectivity index (χ2n) is 6.14. The minimum Gasteiger partial charge on any atom is -0.476 e. The van der Waals surface area contributed by atoms with Crippen molar-refractivity contribution in [2.75, 3.05) is 0 Å². The standard InChI is InChI=1S/C17H18F5N3O3/c1-4-25-14(9(3)13(24-25)15(26)27)11-7-23-10(5-8(2)17(20,21)22)6-12(11)28-16(18)19/h6-8,16H,4-5H2,1-3H3,(H,26,27). The van der Waals surface area contributed by atoms with Gasteiger partial charge in [-0.05, 0) is 13.8 Å². The molecule has 11 heteroatoms. The molecule has 0 radical (unpaired) electrons. The average molecular weight is 407 g/mol. The van der Waals surface area contributed by atoms with Gasteiger partial charge in [-0.1, -0.05) is 6.92 Å². The van der Waals surface area contributed by atoms with Crippen molar-refractivity contribution in [1.82, 2.24) is 14.8 Å². The van der Waals surface area contributed by atoms with Crippen LogP contribution < -0.4 is 4.74 Å². The maximum atomic E-state index is 12.9. The third-order valence-corrected chi connectivity index (χ3v) is 4.16. The summed E-state index contributed by atoms with van der Waals surface area (Å²) in [5.74, 6) is -3.43. The summed E-state index contributed by atoms with van der Waals surface area (Å²) in [6.07, 6.45) is -3.88. The first-order valence-corrected chi connectivity index (χ1v) is 8.27. The summed E-state index contributed by atoms with van der Waals surface area (Å²) in [5.41, 5.74) is 0.0609. The van der Waals surface area contributed by atoms with Crippen LogP contribution in [0.4, 0.5) is 22.0 Å². The van der Waals surface area contributed by atoms with Crippen LogP contribution in [0.1, 0.15) is 35.6 Å². The Hall–Kier alpha value is -2.72. The highest BCUT2D eigenvalue weighted by atomic mass is 19.4. The van der Waals surface area contributed by atoms with Crippen LogP contribution >= 0.6 is 0 Å². The van der Waals surface area contributed by atoms with Crippen LogP contribution in [-0.4, -0.2) is 38.6 Å². The third-order valence-electron chi connectivity index (χ3n) is 4.16. The summed E-state index contributed by atoms with van der Waals surface area (Å²) in [6, 6.07) is 1.01. The minimum atomic E-state index is -4.46. The van der Waals surface area contributed by atoms with Crippen LogP contribution in [0, 0.1) is 12.8 Å². The molecule has 0 bridgehead atoms. The topological polar surface area (TPSA) is 77.2 Å². The number of carboxylic acids is 1. The van der Waals surface area contributed by atoms with E-state index in [2.05, 4.69) is 14.8 Å². The number of aromatic nitrogens is 3. The van der Waals surface area contributed by atoms with E-state index >= 15 is 0 Å². The summed E-state index contributed by atoms with van der Waals surface area (Å²) in [6.45, 7) is 1.07. The van der Waals surface area contributed by atoms with Crippen molar-refractivity contribution in [3.05, 3.63) is 29.2 Å². The normalized spacial score (nSPS) is 13.0. The number of aromatic carboxylic acids is 1. The van der Waals surface area contributed by atoms with E-state index in [-0.39, 0.29) is 34.8 Å². The number of nitrogens with zero attached hydrogens (tertiary/aromatic N) is 3. The molecule has 154 valence electrons. The Balaban J connectivity index is 2.57. The zero-order chi connectivity index (χ0) is 21.2. The number of hydrogen-bond acceptors (Lipinski definition) is 4. The highest BCUT2D eigenvalue weighted by Crippen LogP contribution is 2.36. The lowest BCUT2D eigenvalue weighted by atomic mass is 10.0. The maximum Gasteiger partial charge on any atom is 0.391 e. The van der Waals surface area contributed by atoms with Gasteiger partial charge in [0.05, 0.1) is 17.2 Å². The molecular formula is C17H18F5N3O3. The maximum absolute atomic E-state index is 12.9. The van der Waals surface area contributed by atoms with Crippen molar-refractivity contribution in [3.63, 3.8) is 0 Å². The number of pyridine rings is 1. The molecule has 6 nitrogen and oxygen atoms in total. The number of rotatable bonds is 7. The van der Waals surface area contributed by atoms with Gasteiger partial charge in [0.2, 0.25) is 0 Å². The van der Waals surface area contributed by atoms with E-state index in [9.17, 15) is 31.9 Å². The Morgan fingerprint density at radius 3 is 2.50 bits per heavy atom. The fraction of sp³-hybridized carbons (Fsp3) is 0.471. The molecule has 2 aromatic rings. The number of aryl methyl sites for hydroxylation is 1. The highest BCUT2D eigenvalue weighted by molar-refractivity contribution is 5.90. The lowest BCUT2D eigenvalue weighted by Crippen LogP contribution is -2.22. The van der Waals surface area contributed by atoms with E-state index in [1.165, 1.54) is 11.6 Å². The van der Waals surface area contributed by atoms with Gasteiger partial charge in [-0.25, -0.2) is 4.79 Å². The molecule has 1 N–H and O–H groups in total. The summed E-state index contributed by atoms with van der Waals surface area (Å²) in [4.78, 5) is 15.3. The van der Waals surface area contributed by atoms with Crippen LogP contribution in [-0.2, 0) is 13.0 Å². The Morgan fingerprint density at radius 2 is 2.00 bits per heavy atom. The Kier molecular flexibility index (Phi) is 6.25. The monoisotopic (exact) mass is 407 g/mol. The number of carboxylic acid groups (broad SMARTS) is 1. The second kappa shape index (κ2) is 8.11. The summed E-state index contributed by atoms with van der Waals surface area (Å²) in [7, 11) is 0. The number of hydrogen-bond donors (Lipinski definition) is 1. The van der Waals surface area contributed by atoms with Gasteiger partial charge < -0.3 is 9.84 Å². The van der Waals surface area contributed by atoms with E-state index in [0.717, 1.165) is 19.2 Å². The van der Waals surface area contributed by atoms with Gasteiger partial charge in [0.1, 0.15) is 5.75 Å². The average Bonchev–Trinajstić information content (AvgIpc) is 2.90. The molecule has 0 amide bonds. The fourth-order valence-corrected chi connectivity index (χ4v) is 2.71. The lowest BCUT2D eigenvalue weighted by molar-refractivity contribution is -0.169. The Bertz CT molecular complexity index is 864. The van der Waals surface area contributed by atoms with Gasteiger partial charge >= 0.3 is 18.8 Å². The molecule has 1 atom stereocenters. The second-order valence-corrected chi connectivity index (χ2v) is 6.14. The molecule has 0 spiro atoms. The van der Waals surface area contributed by atoms with E-state index in [1.807, 2.05) is 0 Å². The van der Waals surface area contributed by atoms with Crippen LogP contribution in [0.5, 0.6) is 5.75 Å². The van der Waals surface area contributed by atoms with Gasteiger partial charge in [0.15, 0.2) is 5.69 Å². The predicted molar refractivity (Wildman–Crippen MR) is 88.4 cm³/mol. The molecular weight excluding hydrogens is 389 g/mol. The van der Waals surface area contributed by atoms with Gasteiger partial charge in [-0.3, -0.25) is 9.67 Å². The Labute approximate surface area is 156 Å². The number of alkyl halides is 5. The first kappa shape index (κ1) is 21.6. The van der Waals surface area contributed by atoms with Crippen molar-refractivity contribution in [2.24, 2.45) is 5.92 Å². The largest absolute Gasteiger partial charge is 0.476 e. The summed E-state index contributed by atoms with van der Waals surface area (Å²) in [5, 5.41) is 13.2. The van der Waals surface area contributed by atoms with Crippen molar-refractivity contribution < 1.29 is 36.6 Å². The molecule has 0 aliphatic carbocycles. The SMILES string of the molecule is CCn1nc(C(=O)O)c(C)c1-c1cnc(CC(C)C(F)(F)F)cc1OC(F)F. The van der Waals surface area contributed by atoms with E-state index in [4.69, 9.17) is 0 Å². The van der Waals surface area contributed by atoms with Gasteiger partial charge in [-0.15, -0.1) is 0 Å². The van der Waals surface area contributed by atoms with Crippen LogP contribution in [0.15, 0.2) is 12.3 Å². The molecule has 0 fully saturated rings. The smallest absolute Gasteiger partial charge is 0.391 e. The lowest BCUT2D eigenvalue weighted by Gasteiger charge is -2.17. The third kappa shape index (κ3) is 4.57. The quantitative estimate of drug-likeness (QED) is 0.692. The molecule has 0 saturated heterocycles. The molecule has 1 unspecified atom stereocenters. The molecule has 28 heavy (non-hydrogen) atoms. The molecule has 0 saturated carbocycles. The number of ether oxygens (including phenoxy) is 1. The number of carbonyl (C=O) groups is 1. The van der Waals surface area contributed by atoms with Crippen molar-refractivity contribution >= 4 is 5.97 Å². The van der Waals surface area contributed by atoms with E-state index in [1.54, 1.807) is 6.92 Å². The molecule has 0 aromatic carbocycles.